The van der Waals surface area contributed by atoms with Crippen LogP contribution in [0.5, 0.6) is 0 Å². The zero-order chi connectivity index (χ0) is 12.3. The fraction of sp³-hybridized carbons (Fsp3) is 0.357. The number of Topliss-reactive ketones (excluding diaryl/α,β-unsaturated/α-hetero) is 1. The molecule has 3 heteroatoms. The molecule has 0 atom stereocenters. The van der Waals surface area contributed by atoms with Gasteiger partial charge in [0.15, 0.2) is 0 Å². The number of carbonyl (C=O) groups excluding carboxylic acids is 1. The molecule has 1 aromatic carbocycles. The molecule has 0 fully saturated rings. The normalized spacial score (nSPS) is 11.0. The number of fused-ring (bicyclic) bond motifs is 1. The highest BCUT2D eigenvalue weighted by Crippen LogP contribution is 2.10. The van der Waals surface area contributed by atoms with Crippen LogP contribution in [-0.4, -0.2) is 15.8 Å². The molecule has 0 aliphatic rings. The highest BCUT2D eigenvalue weighted by atomic mass is 16.1. The van der Waals surface area contributed by atoms with Crippen LogP contribution in [0.4, 0.5) is 0 Å². The molecule has 0 aliphatic carbocycles. The number of para-hydroxylation sites is 2. The molecule has 0 unspecified atom stereocenters. The van der Waals surface area contributed by atoms with Crippen molar-refractivity contribution in [1.82, 2.24) is 9.97 Å². The van der Waals surface area contributed by atoms with Crippen LogP contribution in [0.1, 0.15) is 26.0 Å². The summed E-state index contributed by atoms with van der Waals surface area (Å²) in [6.07, 6.45) is 2.69. The fourth-order valence-corrected chi connectivity index (χ4v) is 1.81. The summed E-state index contributed by atoms with van der Waals surface area (Å²) in [5.74, 6) is 0.625. The molecule has 1 aromatic heterocycles. The van der Waals surface area contributed by atoms with Gasteiger partial charge < -0.3 is 0 Å². The Morgan fingerprint density at radius 3 is 2.65 bits per heavy atom. The van der Waals surface area contributed by atoms with Crippen LogP contribution < -0.4 is 0 Å². The maximum Gasteiger partial charge on any atom is 0.139 e. The standard InChI is InChI=1S/C14H16N2O/c1-10(2)7-12(17)8-11-9-15-13-5-3-4-6-14(13)16-11/h3-6,9-10H,7-8H2,1-2H3. The van der Waals surface area contributed by atoms with Crippen LogP contribution in [0.15, 0.2) is 30.5 Å². The van der Waals surface area contributed by atoms with E-state index in [0.29, 0.717) is 18.8 Å². The second-order valence-electron chi connectivity index (χ2n) is 4.66. The molecule has 17 heavy (non-hydrogen) atoms. The molecule has 0 saturated heterocycles. The first kappa shape index (κ1) is 11.7. The number of hydrogen-bond acceptors (Lipinski definition) is 3. The van der Waals surface area contributed by atoms with Crippen molar-refractivity contribution in [2.24, 2.45) is 5.92 Å². The minimum Gasteiger partial charge on any atom is -0.299 e. The summed E-state index contributed by atoms with van der Waals surface area (Å²) < 4.78 is 0. The van der Waals surface area contributed by atoms with E-state index < -0.39 is 0 Å². The highest BCUT2D eigenvalue weighted by Gasteiger charge is 2.08. The van der Waals surface area contributed by atoms with Crippen molar-refractivity contribution in [2.45, 2.75) is 26.7 Å². The third-order valence-corrected chi connectivity index (χ3v) is 2.51. The van der Waals surface area contributed by atoms with E-state index in [1.807, 2.05) is 38.1 Å². The minimum atomic E-state index is 0.226. The van der Waals surface area contributed by atoms with Gasteiger partial charge in [-0.25, -0.2) is 4.98 Å². The van der Waals surface area contributed by atoms with Gasteiger partial charge in [-0.1, -0.05) is 26.0 Å². The molecule has 0 saturated carbocycles. The van der Waals surface area contributed by atoms with Crippen molar-refractivity contribution in [3.63, 3.8) is 0 Å². The van der Waals surface area contributed by atoms with Crippen LogP contribution in [-0.2, 0) is 11.2 Å². The van der Waals surface area contributed by atoms with E-state index in [1.54, 1.807) is 6.20 Å². The number of ketones is 1. The first-order chi connectivity index (χ1) is 8.15. The maximum absolute atomic E-state index is 11.7. The van der Waals surface area contributed by atoms with Crippen LogP contribution in [0, 0.1) is 5.92 Å². The number of nitrogens with zero attached hydrogens (tertiary/aromatic N) is 2. The summed E-state index contributed by atoms with van der Waals surface area (Å²) in [6.45, 7) is 4.09. The van der Waals surface area contributed by atoms with Gasteiger partial charge in [-0.15, -0.1) is 0 Å². The van der Waals surface area contributed by atoms with Gasteiger partial charge in [-0.05, 0) is 18.1 Å². The van der Waals surface area contributed by atoms with E-state index in [0.717, 1.165) is 16.7 Å². The average molecular weight is 228 g/mol. The first-order valence-corrected chi connectivity index (χ1v) is 5.87. The molecule has 0 bridgehead atoms. The Morgan fingerprint density at radius 2 is 1.94 bits per heavy atom. The van der Waals surface area contributed by atoms with Crippen LogP contribution >= 0.6 is 0 Å². The first-order valence-electron chi connectivity index (χ1n) is 5.87. The largest absolute Gasteiger partial charge is 0.299 e. The number of carbonyl (C=O) groups is 1. The minimum absolute atomic E-state index is 0.226. The molecule has 0 N–H and O–H groups in total. The Hall–Kier alpha value is -1.77. The molecular formula is C14H16N2O. The van der Waals surface area contributed by atoms with Gasteiger partial charge in [-0.2, -0.15) is 0 Å². The number of rotatable bonds is 4. The highest BCUT2D eigenvalue weighted by molar-refractivity contribution is 5.81. The van der Waals surface area contributed by atoms with E-state index in [4.69, 9.17) is 0 Å². The van der Waals surface area contributed by atoms with Gasteiger partial charge in [0.05, 0.1) is 23.1 Å². The van der Waals surface area contributed by atoms with Gasteiger partial charge in [0, 0.05) is 12.6 Å². The smallest absolute Gasteiger partial charge is 0.139 e. The summed E-state index contributed by atoms with van der Waals surface area (Å²) in [7, 11) is 0. The fourth-order valence-electron chi connectivity index (χ4n) is 1.81. The van der Waals surface area contributed by atoms with Crippen LogP contribution in [0.3, 0.4) is 0 Å². The lowest BCUT2D eigenvalue weighted by molar-refractivity contribution is -0.119. The number of benzene rings is 1. The summed E-state index contributed by atoms with van der Waals surface area (Å²) in [6, 6.07) is 7.69. The predicted octanol–water partition coefficient (Wildman–Crippen LogP) is 2.79. The third kappa shape index (κ3) is 3.09. The summed E-state index contributed by atoms with van der Waals surface area (Å²) in [4.78, 5) is 20.4. The predicted molar refractivity (Wildman–Crippen MR) is 67.7 cm³/mol. The zero-order valence-electron chi connectivity index (χ0n) is 10.2. The van der Waals surface area contributed by atoms with E-state index in [1.165, 1.54) is 0 Å². The molecule has 0 aliphatic heterocycles. The monoisotopic (exact) mass is 228 g/mol. The summed E-state index contributed by atoms with van der Waals surface area (Å²) in [5, 5.41) is 0. The maximum atomic E-state index is 11.7. The molecule has 2 rings (SSSR count). The lowest BCUT2D eigenvalue weighted by Crippen LogP contribution is -2.08. The molecule has 0 spiro atoms. The summed E-state index contributed by atoms with van der Waals surface area (Å²) >= 11 is 0. The average Bonchev–Trinajstić information content (AvgIpc) is 2.27. The molecule has 1 heterocycles. The third-order valence-electron chi connectivity index (χ3n) is 2.51. The Kier molecular flexibility index (Phi) is 3.47. The van der Waals surface area contributed by atoms with Crippen molar-refractivity contribution >= 4 is 16.8 Å². The number of hydrogen-bond donors (Lipinski definition) is 0. The van der Waals surface area contributed by atoms with Gasteiger partial charge in [-0.3, -0.25) is 9.78 Å². The molecule has 0 radical (unpaired) electrons. The second-order valence-corrected chi connectivity index (χ2v) is 4.66. The van der Waals surface area contributed by atoms with Crippen LogP contribution in [0.2, 0.25) is 0 Å². The number of aromatic nitrogens is 2. The van der Waals surface area contributed by atoms with Crippen LogP contribution in [0.25, 0.3) is 11.0 Å². The Bertz CT molecular complexity index is 534. The SMILES string of the molecule is CC(C)CC(=O)Cc1cnc2ccccc2n1. The second kappa shape index (κ2) is 5.04. The topological polar surface area (TPSA) is 42.9 Å². The summed E-state index contributed by atoms with van der Waals surface area (Å²) in [5.41, 5.74) is 2.48. The Labute approximate surface area is 101 Å². The quantitative estimate of drug-likeness (QED) is 0.808. The van der Waals surface area contributed by atoms with E-state index in [2.05, 4.69) is 9.97 Å². The Morgan fingerprint density at radius 1 is 1.24 bits per heavy atom. The lowest BCUT2D eigenvalue weighted by atomic mass is 10.0. The van der Waals surface area contributed by atoms with Gasteiger partial charge in [0.2, 0.25) is 0 Å². The van der Waals surface area contributed by atoms with Crippen molar-refractivity contribution in [3.8, 4) is 0 Å². The molecule has 2 aromatic rings. The van der Waals surface area contributed by atoms with Gasteiger partial charge >= 0.3 is 0 Å². The van der Waals surface area contributed by atoms with Crippen molar-refractivity contribution < 1.29 is 4.79 Å². The Balaban J connectivity index is 2.17. The molecule has 0 amide bonds. The van der Waals surface area contributed by atoms with Crippen molar-refractivity contribution in [1.29, 1.82) is 0 Å². The van der Waals surface area contributed by atoms with Crippen molar-refractivity contribution in [3.05, 3.63) is 36.2 Å². The zero-order valence-corrected chi connectivity index (χ0v) is 10.2. The molecular weight excluding hydrogens is 212 g/mol. The van der Waals surface area contributed by atoms with E-state index >= 15 is 0 Å². The molecule has 88 valence electrons. The van der Waals surface area contributed by atoms with Gasteiger partial charge in [0.25, 0.3) is 0 Å². The lowest BCUT2D eigenvalue weighted by Gasteiger charge is -2.04. The van der Waals surface area contributed by atoms with Gasteiger partial charge in [0.1, 0.15) is 5.78 Å². The molecule has 3 nitrogen and oxygen atoms in total. The van der Waals surface area contributed by atoms with E-state index in [-0.39, 0.29) is 5.78 Å². The van der Waals surface area contributed by atoms with Crippen molar-refractivity contribution in [2.75, 3.05) is 0 Å². The van der Waals surface area contributed by atoms with E-state index in [9.17, 15) is 4.79 Å².